The molecule has 1 N–H and O–H groups in total. The van der Waals surface area contributed by atoms with E-state index in [0.29, 0.717) is 5.57 Å². The van der Waals surface area contributed by atoms with Crippen molar-refractivity contribution in [1.29, 1.82) is 0 Å². The molecule has 0 atom stereocenters. The fourth-order valence-corrected chi connectivity index (χ4v) is 0.483. The van der Waals surface area contributed by atoms with E-state index in [1.165, 1.54) is 0 Å². The first kappa shape index (κ1) is 8.85. The van der Waals surface area contributed by atoms with E-state index in [9.17, 15) is 4.79 Å². The fraction of sp³-hybridized carbons (Fsp3) is 0.400. The van der Waals surface area contributed by atoms with Crippen molar-refractivity contribution in [2.24, 2.45) is 0 Å². The predicted molar refractivity (Wildman–Crippen MR) is 26.1 cm³/mol. The number of aliphatic carboxylic acids is 1. The molecule has 1 aliphatic carbocycles. The summed E-state index contributed by atoms with van der Waals surface area (Å²) in [6.45, 7) is 0. The van der Waals surface area contributed by atoms with Crippen LogP contribution in [0.3, 0.4) is 0 Å². The van der Waals surface area contributed by atoms with Gasteiger partial charge in [0.1, 0.15) is 0 Å². The summed E-state index contributed by atoms with van der Waals surface area (Å²) in [5, 5.41) is 8.16. The summed E-state index contributed by atoms with van der Waals surface area (Å²) in [7, 11) is 0. The third-order valence-corrected chi connectivity index (χ3v) is 1.08. The topological polar surface area (TPSA) is 37.3 Å². The Kier molecular flexibility index (Phi) is 4.19. The van der Waals surface area contributed by atoms with Gasteiger partial charge in [0.2, 0.25) is 0 Å². The molecule has 0 heterocycles. The molecule has 0 amide bonds. The minimum atomic E-state index is -0.758. The Balaban J connectivity index is 0. The SMILES string of the molecule is O=C(O)C1=CCC1.[H-].[K+]. The average Bonchev–Trinajstić information content (AvgIpc) is 1.23. The number of carboxylic acid groups (broad SMARTS) is 1. The largest absolute Gasteiger partial charge is 1.00 e. The van der Waals surface area contributed by atoms with Gasteiger partial charge < -0.3 is 6.53 Å². The van der Waals surface area contributed by atoms with Crippen LogP contribution in [0.25, 0.3) is 0 Å². The van der Waals surface area contributed by atoms with E-state index in [1.807, 2.05) is 0 Å². The van der Waals surface area contributed by atoms with E-state index in [-0.39, 0.29) is 52.8 Å². The monoisotopic (exact) mass is 138 g/mol. The van der Waals surface area contributed by atoms with Crippen molar-refractivity contribution in [1.82, 2.24) is 0 Å². The Morgan fingerprint density at radius 2 is 2.38 bits per heavy atom. The molecule has 0 fully saturated rings. The second-order valence-electron chi connectivity index (χ2n) is 1.57. The maximum absolute atomic E-state index is 9.91. The molecule has 0 aliphatic heterocycles. The third-order valence-electron chi connectivity index (χ3n) is 1.08. The Hall–Kier alpha value is 0.846. The number of carbonyl (C=O) groups is 1. The molecule has 3 heteroatoms. The summed E-state index contributed by atoms with van der Waals surface area (Å²) in [6.07, 6.45) is 3.44. The van der Waals surface area contributed by atoms with Crippen molar-refractivity contribution in [2.75, 3.05) is 0 Å². The van der Waals surface area contributed by atoms with Gasteiger partial charge in [-0.1, -0.05) is 6.08 Å². The number of carboxylic acids is 1. The summed E-state index contributed by atoms with van der Waals surface area (Å²) >= 11 is 0. The van der Waals surface area contributed by atoms with Crippen LogP contribution in [0.1, 0.15) is 14.3 Å². The molecule has 0 bridgehead atoms. The molecule has 0 aromatic carbocycles. The molecule has 1 aliphatic rings. The Bertz CT molecular complexity index is 133. The van der Waals surface area contributed by atoms with Crippen molar-refractivity contribution in [3.63, 3.8) is 0 Å². The van der Waals surface area contributed by atoms with Crippen molar-refractivity contribution in [3.05, 3.63) is 11.6 Å². The van der Waals surface area contributed by atoms with Gasteiger partial charge in [0, 0.05) is 5.57 Å². The molecule has 0 spiro atoms. The maximum Gasteiger partial charge on any atom is 1.00 e. The minimum absolute atomic E-state index is 0. The predicted octanol–water partition coefficient (Wildman–Crippen LogP) is -2.09. The maximum atomic E-state index is 9.91. The molecule has 1 rings (SSSR count). The van der Waals surface area contributed by atoms with Gasteiger partial charge in [-0.05, 0) is 12.8 Å². The van der Waals surface area contributed by atoms with E-state index in [1.54, 1.807) is 6.08 Å². The zero-order valence-electron chi connectivity index (χ0n) is 5.85. The first-order valence-electron chi connectivity index (χ1n) is 2.23. The van der Waals surface area contributed by atoms with Crippen molar-refractivity contribution in [3.8, 4) is 0 Å². The smallest absolute Gasteiger partial charge is 1.00 e. The summed E-state index contributed by atoms with van der Waals surface area (Å²) in [6, 6.07) is 0. The van der Waals surface area contributed by atoms with Gasteiger partial charge in [0.05, 0.1) is 0 Å². The first-order valence-corrected chi connectivity index (χ1v) is 2.23. The van der Waals surface area contributed by atoms with Gasteiger partial charge in [-0.15, -0.1) is 0 Å². The molecule has 0 aromatic rings. The normalized spacial score (nSPS) is 15.2. The molecule has 8 heavy (non-hydrogen) atoms. The zero-order valence-corrected chi connectivity index (χ0v) is 7.97. The van der Waals surface area contributed by atoms with Gasteiger partial charge in [0.25, 0.3) is 0 Å². The van der Waals surface area contributed by atoms with Gasteiger partial charge in [-0.2, -0.15) is 0 Å². The second-order valence-corrected chi connectivity index (χ2v) is 1.57. The molecular weight excluding hydrogens is 131 g/mol. The van der Waals surface area contributed by atoms with E-state index in [2.05, 4.69) is 0 Å². The quantitative estimate of drug-likeness (QED) is 0.422. The summed E-state index contributed by atoms with van der Waals surface area (Å²) in [4.78, 5) is 9.91. The Morgan fingerprint density at radius 1 is 1.88 bits per heavy atom. The summed E-state index contributed by atoms with van der Waals surface area (Å²) in [5.41, 5.74) is 0.569. The Morgan fingerprint density at radius 3 is 2.38 bits per heavy atom. The summed E-state index contributed by atoms with van der Waals surface area (Å²) < 4.78 is 0. The molecule has 0 saturated heterocycles. The third kappa shape index (κ3) is 1.99. The van der Waals surface area contributed by atoms with Crippen LogP contribution in [0.5, 0.6) is 0 Å². The van der Waals surface area contributed by atoms with Gasteiger partial charge >= 0.3 is 57.4 Å². The van der Waals surface area contributed by atoms with E-state index in [0.717, 1.165) is 12.8 Å². The van der Waals surface area contributed by atoms with E-state index in [4.69, 9.17) is 5.11 Å². The van der Waals surface area contributed by atoms with Crippen molar-refractivity contribution < 1.29 is 62.7 Å². The summed E-state index contributed by atoms with van der Waals surface area (Å²) in [5.74, 6) is -0.758. The molecule has 0 saturated carbocycles. The number of hydrogen-bond donors (Lipinski definition) is 1. The number of hydrogen-bond acceptors (Lipinski definition) is 1. The molecule has 40 valence electrons. The minimum Gasteiger partial charge on any atom is -1.00 e. The van der Waals surface area contributed by atoms with Crippen LogP contribution in [0.15, 0.2) is 11.6 Å². The van der Waals surface area contributed by atoms with E-state index >= 15 is 0 Å². The molecular formula is C5H7KO2. The van der Waals surface area contributed by atoms with Crippen LogP contribution >= 0.6 is 0 Å². The molecule has 0 unspecified atom stereocenters. The zero-order chi connectivity index (χ0) is 5.28. The van der Waals surface area contributed by atoms with Gasteiger partial charge in [-0.3, -0.25) is 0 Å². The van der Waals surface area contributed by atoms with Crippen LogP contribution in [0, 0.1) is 0 Å². The van der Waals surface area contributed by atoms with Crippen LogP contribution < -0.4 is 51.4 Å². The van der Waals surface area contributed by atoms with E-state index < -0.39 is 5.97 Å². The van der Waals surface area contributed by atoms with Crippen LogP contribution in [0.2, 0.25) is 0 Å². The van der Waals surface area contributed by atoms with Gasteiger partial charge in [-0.25, -0.2) is 4.79 Å². The second kappa shape index (κ2) is 3.79. The van der Waals surface area contributed by atoms with Crippen molar-refractivity contribution in [2.45, 2.75) is 12.8 Å². The Labute approximate surface area is 91.9 Å². The number of rotatable bonds is 1. The van der Waals surface area contributed by atoms with Crippen LogP contribution in [-0.4, -0.2) is 11.1 Å². The molecule has 0 aromatic heterocycles. The van der Waals surface area contributed by atoms with Gasteiger partial charge in [0.15, 0.2) is 0 Å². The standard InChI is InChI=1S/C5H6O2.K.H/c6-5(7)4-2-1-3-4;;/h2H,1,3H2,(H,6,7);;/q;+1;-1. The fourth-order valence-electron chi connectivity index (χ4n) is 0.483. The van der Waals surface area contributed by atoms with Crippen molar-refractivity contribution >= 4 is 5.97 Å². The van der Waals surface area contributed by atoms with Crippen LogP contribution in [-0.2, 0) is 4.79 Å². The molecule has 0 radical (unpaired) electrons. The van der Waals surface area contributed by atoms with Crippen LogP contribution in [0.4, 0.5) is 0 Å². The molecule has 2 nitrogen and oxygen atoms in total. The first-order chi connectivity index (χ1) is 3.30. The number of allylic oxidation sites excluding steroid dienone is 1. The average molecular weight is 138 g/mol.